The van der Waals surface area contributed by atoms with Gasteiger partial charge in [-0.25, -0.2) is 4.79 Å². The summed E-state index contributed by atoms with van der Waals surface area (Å²) in [6, 6.07) is 9.35. The molecule has 0 fully saturated rings. The van der Waals surface area contributed by atoms with Crippen LogP contribution in [0.25, 0.3) is 0 Å². The first-order chi connectivity index (χ1) is 11.4. The van der Waals surface area contributed by atoms with Crippen molar-refractivity contribution >= 4 is 5.97 Å². The van der Waals surface area contributed by atoms with E-state index in [1.54, 1.807) is 12.1 Å². The maximum atomic E-state index is 12.6. The molecule has 134 valence electrons. The standard InChI is InChI=1S/C21H26O4/c1-20(2,3)16-11-13(12-17(18(16)23)21(4,5)6)19(24)25-15-9-7-14(22)8-10-15/h7-12,22-23H,1-6H3. The fourth-order valence-electron chi connectivity index (χ4n) is 2.58. The van der Waals surface area contributed by atoms with Gasteiger partial charge in [0.2, 0.25) is 0 Å². The normalized spacial score (nSPS) is 12.1. The summed E-state index contributed by atoms with van der Waals surface area (Å²) in [5.74, 6) is 0.183. The van der Waals surface area contributed by atoms with E-state index >= 15 is 0 Å². The predicted octanol–water partition coefficient (Wildman–Crippen LogP) is 4.91. The monoisotopic (exact) mass is 342 g/mol. The van der Waals surface area contributed by atoms with Crippen molar-refractivity contribution in [3.63, 3.8) is 0 Å². The highest BCUT2D eigenvalue weighted by Crippen LogP contribution is 2.40. The Labute approximate surface area is 149 Å². The lowest BCUT2D eigenvalue weighted by molar-refractivity contribution is 0.0734. The van der Waals surface area contributed by atoms with Crippen molar-refractivity contribution in [1.29, 1.82) is 0 Å². The summed E-state index contributed by atoms with van der Waals surface area (Å²) >= 11 is 0. The molecule has 0 atom stereocenters. The molecule has 4 heteroatoms. The number of esters is 1. The van der Waals surface area contributed by atoms with Crippen molar-refractivity contribution in [1.82, 2.24) is 0 Å². The van der Waals surface area contributed by atoms with Gasteiger partial charge in [0.1, 0.15) is 17.2 Å². The second-order valence-corrected chi connectivity index (χ2v) is 8.30. The first-order valence-corrected chi connectivity index (χ1v) is 8.29. The van der Waals surface area contributed by atoms with E-state index in [-0.39, 0.29) is 22.3 Å². The molecule has 0 aliphatic heterocycles. The van der Waals surface area contributed by atoms with E-state index in [9.17, 15) is 15.0 Å². The van der Waals surface area contributed by atoms with Gasteiger partial charge in [-0.3, -0.25) is 0 Å². The Morgan fingerprint density at radius 1 is 0.840 bits per heavy atom. The summed E-state index contributed by atoms with van der Waals surface area (Å²) in [5.41, 5.74) is 1.16. The van der Waals surface area contributed by atoms with Gasteiger partial charge in [0.25, 0.3) is 0 Å². The first kappa shape index (κ1) is 18.8. The second-order valence-electron chi connectivity index (χ2n) is 8.30. The molecule has 2 N–H and O–H groups in total. The minimum absolute atomic E-state index is 0.106. The van der Waals surface area contributed by atoms with Gasteiger partial charge >= 0.3 is 5.97 Å². The molecule has 0 aromatic heterocycles. The van der Waals surface area contributed by atoms with Crippen LogP contribution in [0.2, 0.25) is 0 Å². The first-order valence-electron chi connectivity index (χ1n) is 8.29. The minimum Gasteiger partial charge on any atom is -0.508 e. The van der Waals surface area contributed by atoms with Crippen LogP contribution in [0.3, 0.4) is 0 Å². The molecule has 0 unspecified atom stereocenters. The number of hydrogen-bond acceptors (Lipinski definition) is 4. The molecular weight excluding hydrogens is 316 g/mol. The van der Waals surface area contributed by atoms with E-state index in [4.69, 9.17) is 4.74 Å². The zero-order valence-corrected chi connectivity index (χ0v) is 15.7. The summed E-state index contributed by atoms with van der Waals surface area (Å²) < 4.78 is 5.40. The maximum absolute atomic E-state index is 12.6. The van der Waals surface area contributed by atoms with Crippen molar-refractivity contribution in [3.8, 4) is 17.2 Å². The van der Waals surface area contributed by atoms with E-state index in [2.05, 4.69) is 0 Å². The van der Waals surface area contributed by atoms with Gasteiger partial charge in [-0.15, -0.1) is 0 Å². The van der Waals surface area contributed by atoms with Crippen molar-refractivity contribution < 1.29 is 19.7 Å². The average Bonchev–Trinajstić information content (AvgIpc) is 2.47. The summed E-state index contributed by atoms with van der Waals surface area (Å²) in [7, 11) is 0. The van der Waals surface area contributed by atoms with Crippen LogP contribution < -0.4 is 4.74 Å². The number of phenols is 2. The van der Waals surface area contributed by atoms with E-state index in [1.807, 2.05) is 41.5 Å². The largest absolute Gasteiger partial charge is 0.508 e. The predicted molar refractivity (Wildman–Crippen MR) is 98.6 cm³/mol. The molecule has 0 saturated heterocycles. The molecule has 2 aromatic carbocycles. The summed E-state index contributed by atoms with van der Waals surface area (Å²) in [5, 5.41) is 20.0. The van der Waals surface area contributed by atoms with Crippen LogP contribution in [0.1, 0.15) is 63.0 Å². The van der Waals surface area contributed by atoms with Crippen molar-refractivity contribution in [3.05, 3.63) is 53.1 Å². The molecule has 0 aliphatic carbocycles. The SMILES string of the molecule is CC(C)(C)c1cc(C(=O)Oc2ccc(O)cc2)cc(C(C)(C)C)c1O. The Kier molecular flexibility index (Phi) is 4.85. The third kappa shape index (κ3) is 4.32. The molecule has 2 aromatic rings. The molecule has 0 amide bonds. The van der Waals surface area contributed by atoms with Crippen molar-refractivity contribution in [2.45, 2.75) is 52.4 Å². The van der Waals surface area contributed by atoms with Crippen molar-refractivity contribution in [2.24, 2.45) is 0 Å². The highest BCUT2D eigenvalue weighted by Gasteiger charge is 2.28. The fraction of sp³-hybridized carbons (Fsp3) is 0.381. The van der Waals surface area contributed by atoms with Crippen LogP contribution in [0.15, 0.2) is 36.4 Å². The fourth-order valence-corrected chi connectivity index (χ4v) is 2.58. The third-order valence-corrected chi connectivity index (χ3v) is 4.01. The molecule has 0 heterocycles. The average molecular weight is 342 g/mol. The number of phenolic OH excluding ortho intramolecular Hbond substituents is 2. The Morgan fingerprint density at radius 2 is 1.28 bits per heavy atom. The van der Waals surface area contributed by atoms with Gasteiger partial charge in [0.05, 0.1) is 5.56 Å². The van der Waals surface area contributed by atoms with Gasteiger partial charge < -0.3 is 14.9 Å². The number of hydrogen-bond donors (Lipinski definition) is 2. The van der Waals surface area contributed by atoms with E-state index in [0.717, 1.165) is 0 Å². The van der Waals surface area contributed by atoms with Gasteiger partial charge in [-0.2, -0.15) is 0 Å². The quantitative estimate of drug-likeness (QED) is 0.601. The number of rotatable bonds is 2. The van der Waals surface area contributed by atoms with Crippen LogP contribution in [0, 0.1) is 0 Å². The highest BCUT2D eigenvalue weighted by atomic mass is 16.5. The molecule has 0 bridgehead atoms. The lowest BCUT2D eigenvalue weighted by Crippen LogP contribution is -2.20. The maximum Gasteiger partial charge on any atom is 0.343 e. The summed E-state index contributed by atoms with van der Waals surface area (Å²) in [6.07, 6.45) is 0. The Morgan fingerprint density at radius 3 is 1.68 bits per heavy atom. The molecule has 0 saturated carbocycles. The van der Waals surface area contributed by atoms with Gasteiger partial charge in [0, 0.05) is 11.1 Å². The third-order valence-electron chi connectivity index (χ3n) is 4.01. The number of aromatic hydroxyl groups is 2. The van der Waals surface area contributed by atoms with Gasteiger partial charge in [-0.05, 0) is 47.2 Å². The van der Waals surface area contributed by atoms with Crippen LogP contribution >= 0.6 is 0 Å². The molecule has 0 spiro atoms. The topological polar surface area (TPSA) is 66.8 Å². The van der Waals surface area contributed by atoms with Crippen LogP contribution in [-0.4, -0.2) is 16.2 Å². The van der Waals surface area contributed by atoms with Crippen molar-refractivity contribution in [2.75, 3.05) is 0 Å². The molecule has 0 aliphatic rings. The summed E-state index contributed by atoms with van der Waals surface area (Å²) in [4.78, 5) is 12.6. The minimum atomic E-state index is -0.498. The number of carbonyl (C=O) groups excluding carboxylic acids is 1. The Bertz CT molecular complexity index is 740. The smallest absolute Gasteiger partial charge is 0.343 e. The lowest BCUT2D eigenvalue weighted by atomic mass is 9.78. The Hall–Kier alpha value is -2.49. The molecule has 4 nitrogen and oxygen atoms in total. The van der Waals surface area contributed by atoms with E-state index in [0.29, 0.717) is 22.4 Å². The van der Waals surface area contributed by atoms with Gasteiger partial charge in [-0.1, -0.05) is 41.5 Å². The second kappa shape index (κ2) is 6.43. The zero-order chi connectivity index (χ0) is 19.0. The zero-order valence-electron chi connectivity index (χ0n) is 15.7. The molecule has 2 rings (SSSR count). The number of carbonyl (C=O) groups is 1. The van der Waals surface area contributed by atoms with Gasteiger partial charge in [0.15, 0.2) is 0 Å². The Balaban J connectivity index is 2.49. The summed E-state index contributed by atoms with van der Waals surface area (Å²) in [6.45, 7) is 11.9. The van der Waals surface area contributed by atoms with E-state index < -0.39 is 5.97 Å². The molecular formula is C21H26O4. The molecule has 0 radical (unpaired) electrons. The lowest BCUT2D eigenvalue weighted by Gasteiger charge is -2.27. The van der Waals surface area contributed by atoms with E-state index in [1.165, 1.54) is 24.3 Å². The van der Waals surface area contributed by atoms with Crippen LogP contribution in [0.5, 0.6) is 17.2 Å². The number of ether oxygens (including phenoxy) is 1. The van der Waals surface area contributed by atoms with Crippen LogP contribution in [-0.2, 0) is 10.8 Å². The highest BCUT2D eigenvalue weighted by molar-refractivity contribution is 5.92. The van der Waals surface area contributed by atoms with Crippen LogP contribution in [0.4, 0.5) is 0 Å². The number of benzene rings is 2. The molecule has 25 heavy (non-hydrogen) atoms.